The minimum atomic E-state index is -0.189. The molecular weight excluding hydrogens is 384 g/mol. The largest absolute Gasteiger partial charge is 0.361 e. The topological polar surface area (TPSA) is 69.3 Å². The summed E-state index contributed by atoms with van der Waals surface area (Å²) in [4.78, 5) is 20.7. The number of hydrogen-bond acceptors (Lipinski definition) is 2. The van der Waals surface area contributed by atoms with Crippen molar-refractivity contribution in [1.82, 2.24) is 10.3 Å². The first-order chi connectivity index (χ1) is 15.1. The average Bonchev–Trinajstić information content (AvgIpc) is 3.17. The number of benzene rings is 3. The van der Waals surface area contributed by atoms with Crippen LogP contribution >= 0.6 is 0 Å². The van der Waals surface area contributed by atoms with E-state index in [0.29, 0.717) is 18.1 Å². The summed E-state index contributed by atoms with van der Waals surface area (Å²) in [5.74, 6) is 0.252. The van der Waals surface area contributed by atoms with E-state index in [-0.39, 0.29) is 5.91 Å². The standard InChI is InChI=1S/C26H26N4O/c1-18-10-12-20(13-11-18)25(31)30-26(29-22-7-5-6-19(2)16-22)27-15-14-21-17-28-24-9-4-3-8-23(21)24/h3-13,16-17,28H,14-15H2,1-2H3,(H2,27,29,30,31). The van der Waals surface area contributed by atoms with Crippen LogP contribution in [0.3, 0.4) is 0 Å². The maximum absolute atomic E-state index is 12.8. The lowest BCUT2D eigenvalue weighted by Crippen LogP contribution is -2.36. The van der Waals surface area contributed by atoms with Crippen LogP contribution in [0.25, 0.3) is 10.9 Å². The number of hydrogen-bond donors (Lipinski definition) is 3. The quantitative estimate of drug-likeness (QED) is 0.312. The zero-order valence-corrected chi connectivity index (χ0v) is 17.8. The molecule has 0 spiro atoms. The second kappa shape index (κ2) is 9.30. The molecule has 156 valence electrons. The number of H-pyrrole nitrogens is 1. The second-order valence-electron chi connectivity index (χ2n) is 7.65. The van der Waals surface area contributed by atoms with Gasteiger partial charge in [-0.05, 0) is 61.7 Å². The Kier molecular flexibility index (Phi) is 6.13. The normalized spacial score (nSPS) is 11.5. The van der Waals surface area contributed by atoms with Gasteiger partial charge in [-0.1, -0.05) is 48.0 Å². The van der Waals surface area contributed by atoms with Crippen LogP contribution in [-0.4, -0.2) is 23.4 Å². The van der Waals surface area contributed by atoms with Crippen molar-refractivity contribution in [3.8, 4) is 0 Å². The predicted octanol–water partition coefficient (Wildman–Crippen LogP) is 5.23. The molecule has 1 aromatic heterocycles. The molecule has 5 heteroatoms. The summed E-state index contributed by atoms with van der Waals surface area (Å²) in [6.07, 6.45) is 2.79. The van der Waals surface area contributed by atoms with E-state index in [4.69, 9.17) is 0 Å². The first-order valence-electron chi connectivity index (χ1n) is 10.4. The van der Waals surface area contributed by atoms with Crippen molar-refractivity contribution in [1.29, 1.82) is 0 Å². The van der Waals surface area contributed by atoms with Crippen LogP contribution < -0.4 is 10.6 Å². The molecule has 1 amide bonds. The average molecular weight is 411 g/mol. The van der Waals surface area contributed by atoms with Crippen molar-refractivity contribution in [2.45, 2.75) is 20.3 Å². The van der Waals surface area contributed by atoms with Crippen molar-refractivity contribution in [2.75, 3.05) is 11.9 Å². The number of rotatable bonds is 5. The van der Waals surface area contributed by atoms with E-state index < -0.39 is 0 Å². The fraction of sp³-hybridized carbons (Fsp3) is 0.154. The van der Waals surface area contributed by atoms with Crippen LogP contribution in [0.2, 0.25) is 0 Å². The Morgan fingerprint density at radius 3 is 2.55 bits per heavy atom. The second-order valence-corrected chi connectivity index (χ2v) is 7.65. The van der Waals surface area contributed by atoms with Gasteiger partial charge in [0.1, 0.15) is 0 Å². The monoisotopic (exact) mass is 410 g/mol. The van der Waals surface area contributed by atoms with Gasteiger partial charge in [0.2, 0.25) is 5.96 Å². The molecule has 0 saturated heterocycles. The first-order valence-corrected chi connectivity index (χ1v) is 10.4. The van der Waals surface area contributed by atoms with Crippen LogP contribution in [0.5, 0.6) is 0 Å². The maximum atomic E-state index is 12.8. The minimum absolute atomic E-state index is 0.189. The number of nitrogens with one attached hydrogen (secondary N) is 3. The summed E-state index contributed by atoms with van der Waals surface area (Å²) in [6.45, 7) is 4.58. The Morgan fingerprint density at radius 1 is 0.935 bits per heavy atom. The molecule has 1 heterocycles. The van der Waals surface area contributed by atoms with Gasteiger partial charge in [0.25, 0.3) is 5.91 Å². The van der Waals surface area contributed by atoms with Crippen molar-refractivity contribution in [3.63, 3.8) is 0 Å². The zero-order valence-electron chi connectivity index (χ0n) is 17.8. The molecule has 0 aliphatic rings. The van der Waals surface area contributed by atoms with E-state index in [2.05, 4.69) is 32.7 Å². The van der Waals surface area contributed by atoms with E-state index in [1.807, 2.05) is 80.7 Å². The SMILES string of the molecule is Cc1ccc(C(=O)NC(=NCCc2c[nH]c3ccccc23)Nc2cccc(C)c2)cc1. The lowest BCUT2D eigenvalue weighted by Gasteiger charge is -2.12. The smallest absolute Gasteiger partial charge is 0.257 e. The molecule has 0 unspecified atom stereocenters. The summed E-state index contributed by atoms with van der Waals surface area (Å²) in [5.41, 5.74) is 6.05. The molecule has 0 aliphatic heterocycles. The number of fused-ring (bicyclic) bond motifs is 1. The van der Waals surface area contributed by atoms with Gasteiger partial charge in [0.05, 0.1) is 0 Å². The number of aliphatic imine (C=N–C) groups is 1. The minimum Gasteiger partial charge on any atom is -0.361 e. The van der Waals surface area contributed by atoms with Crippen molar-refractivity contribution in [2.24, 2.45) is 4.99 Å². The summed E-state index contributed by atoms with van der Waals surface area (Å²) >= 11 is 0. The third-order valence-corrected chi connectivity index (χ3v) is 5.15. The van der Waals surface area contributed by atoms with Gasteiger partial charge in [-0.3, -0.25) is 15.1 Å². The number of amides is 1. The molecule has 4 rings (SSSR count). The summed E-state index contributed by atoms with van der Waals surface area (Å²) < 4.78 is 0. The van der Waals surface area contributed by atoms with Gasteiger partial charge in [-0.25, -0.2) is 0 Å². The summed E-state index contributed by atoms with van der Waals surface area (Å²) in [7, 11) is 0. The number of anilines is 1. The highest BCUT2D eigenvalue weighted by Gasteiger charge is 2.10. The van der Waals surface area contributed by atoms with E-state index in [1.54, 1.807) is 0 Å². The van der Waals surface area contributed by atoms with E-state index in [0.717, 1.165) is 28.8 Å². The van der Waals surface area contributed by atoms with Crippen LogP contribution in [0.15, 0.2) is 84.0 Å². The van der Waals surface area contributed by atoms with E-state index in [1.165, 1.54) is 10.9 Å². The van der Waals surface area contributed by atoms with Crippen molar-refractivity contribution >= 4 is 28.5 Å². The van der Waals surface area contributed by atoms with Gasteiger partial charge < -0.3 is 10.3 Å². The number of aryl methyl sites for hydroxylation is 2. The lowest BCUT2D eigenvalue weighted by atomic mass is 10.1. The highest BCUT2D eigenvalue weighted by atomic mass is 16.1. The molecule has 3 aromatic carbocycles. The van der Waals surface area contributed by atoms with Crippen LogP contribution in [0.1, 0.15) is 27.0 Å². The molecule has 31 heavy (non-hydrogen) atoms. The van der Waals surface area contributed by atoms with Gasteiger partial charge in [0.15, 0.2) is 0 Å². The fourth-order valence-corrected chi connectivity index (χ4v) is 3.48. The van der Waals surface area contributed by atoms with Gasteiger partial charge in [0, 0.05) is 34.9 Å². The number of guanidine groups is 1. The predicted molar refractivity (Wildman–Crippen MR) is 128 cm³/mol. The highest BCUT2D eigenvalue weighted by Crippen LogP contribution is 2.18. The molecule has 0 bridgehead atoms. The molecule has 0 radical (unpaired) electrons. The third-order valence-electron chi connectivity index (χ3n) is 5.15. The van der Waals surface area contributed by atoms with Crippen LogP contribution in [-0.2, 0) is 6.42 Å². The Labute approximate surface area is 182 Å². The third kappa shape index (κ3) is 5.20. The lowest BCUT2D eigenvalue weighted by molar-refractivity contribution is 0.0977. The zero-order chi connectivity index (χ0) is 21.6. The molecule has 0 saturated carbocycles. The first kappa shape index (κ1) is 20.4. The number of aromatic nitrogens is 1. The molecule has 5 nitrogen and oxygen atoms in total. The van der Waals surface area contributed by atoms with Gasteiger partial charge >= 0.3 is 0 Å². The molecular formula is C26H26N4O. The van der Waals surface area contributed by atoms with Gasteiger partial charge in [-0.2, -0.15) is 0 Å². The number of nitrogens with zero attached hydrogens (tertiary/aromatic N) is 1. The maximum Gasteiger partial charge on any atom is 0.257 e. The van der Waals surface area contributed by atoms with Gasteiger partial charge in [-0.15, -0.1) is 0 Å². The molecule has 4 aromatic rings. The molecule has 0 atom stereocenters. The van der Waals surface area contributed by atoms with Crippen molar-refractivity contribution < 1.29 is 4.79 Å². The molecule has 0 fully saturated rings. The fourth-order valence-electron chi connectivity index (χ4n) is 3.48. The summed E-state index contributed by atoms with van der Waals surface area (Å²) in [5, 5.41) is 7.39. The Balaban J connectivity index is 1.52. The van der Waals surface area contributed by atoms with Crippen LogP contribution in [0, 0.1) is 13.8 Å². The molecule has 3 N–H and O–H groups in total. The number of para-hydroxylation sites is 1. The highest BCUT2D eigenvalue weighted by molar-refractivity contribution is 6.10. The van der Waals surface area contributed by atoms with E-state index in [9.17, 15) is 4.79 Å². The number of carbonyl (C=O) groups is 1. The Hall–Kier alpha value is -3.86. The summed E-state index contributed by atoms with van der Waals surface area (Å²) in [6, 6.07) is 23.7. The van der Waals surface area contributed by atoms with Crippen molar-refractivity contribution in [3.05, 3.63) is 101 Å². The number of carbonyl (C=O) groups excluding carboxylic acids is 1. The number of aromatic amines is 1. The Bertz CT molecular complexity index is 1220. The Morgan fingerprint density at radius 2 is 1.74 bits per heavy atom. The molecule has 0 aliphatic carbocycles. The van der Waals surface area contributed by atoms with E-state index >= 15 is 0 Å². The van der Waals surface area contributed by atoms with Crippen LogP contribution in [0.4, 0.5) is 5.69 Å².